The van der Waals surface area contributed by atoms with Gasteiger partial charge in [0.1, 0.15) is 5.75 Å². The average Bonchev–Trinajstić information content (AvgIpc) is 3.03. The minimum absolute atomic E-state index is 0.250. The van der Waals surface area contributed by atoms with Gasteiger partial charge in [-0.25, -0.2) is 9.67 Å². The Morgan fingerprint density at radius 1 is 1.17 bits per heavy atom. The number of nitrogens with zero attached hydrogens (tertiary/aromatic N) is 3. The maximum absolute atomic E-state index is 13.0. The average molecular weight is 402 g/mol. The third-order valence-corrected chi connectivity index (χ3v) is 4.95. The first kappa shape index (κ1) is 19.9. The van der Waals surface area contributed by atoms with Crippen molar-refractivity contribution >= 4 is 33.7 Å². The molecule has 0 bridgehead atoms. The van der Waals surface area contributed by atoms with Crippen LogP contribution in [0.2, 0.25) is 0 Å². The molecular weight excluding hydrogens is 376 g/mol. The molecule has 0 saturated carbocycles. The van der Waals surface area contributed by atoms with E-state index in [4.69, 9.17) is 14.8 Å². The second-order valence-corrected chi connectivity index (χ2v) is 7.81. The number of nitrogens with one attached hydrogen (secondary N) is 1. The number of amides is 1. The summed E-state index contributed by atoms with van der Waals surface area (Å²) in [5.74, 6) is 1.21. The highest BCUT2D eigenvalue weighted by molar-refractivity contribution is 6.10. The number of ether oxygens (including phenoxy) is 1. The van der Waals surface area contributed by atoms with E-state index in [1.807, 2.05) is 35.9 Å². The van der Waals surface area contributed by atoms with Gasteiger partial charge in [-0.3, -0.25) is 4.79 Å². The Labute approximate surface area is 175 Å². The second kappa shape index (κ2) is 8.14. The van der Waals surface area contributed by atoms with Gasteiger partial charge in [-0.2, -0.15) is 5.10 Å². The molecule has 154 valence electrons. The molecule has 0 atom stereocenters. The molecule has 6 heteroatoms. The van der Waals surface area contributed by atoms with Gasteiger partial charge in [-0.1, -0.05) is 44.2 Å². The summed E-state index contributed by atoms with van der Waals surface area (Å²) in [6, 6.07) is 15.4. The van der Waals surface area contributed by atoms with E-state index in [2.05, 4.69) is 38.2 Å². The largest absolute Gasteiger partial charge is 0.493 e. The normalized spacial score (nSPS) is 11.4. The van der Waals surface area contributed by atoms with E-state index < -0.39 is 0 Å². The zero-order chi connectivity index (χ0) is 21.3. The summed E-state index contributed by atoms with van der Waals surface area (Å²) in [6.45, 7) is 9.43. The van der Waals surface area contributed by atoms with Crippen molar-refractivity contribution < 1.29 is 9.53 Å². The van der Waals surface area contributed by atoms with Crippen molar-refractivity contribution in [1.82, 2.24) is 14.8 Å². The lowest BCUT2D eigenvalue weighted by molar-refractivity contribution is 0.102. The molecule has 0 aliphatic rings. The van der Waals surface area contributed by atoms with Crippen LogP contribution in [0.3, 0.4) is 0 Å². The molecule has 2 aromatic heterocycles. The first-order valence-corrected chi connectivity index (χ1v) is 10.3. The summed E-state index contributed by atoms with van der Waals surface area (Å²) >= 11 is 0. The SMILES string of the molecule is CCOc1ccccc1C(=O)Nc1nn(CC(C)C)c2nc3c(C)cccc3cc12. The van der Waals surface area contributed by atoms with E-state index in [0.29, 0.717) is 36.2 Å². The highest BCUT2D eigenvalue weighted by Crippen LogP contribution is 2.29. The van der Waals surface area contributed by atoms with E-state index >= 15 is 0 Å². The highest BCUT2D eigenvalue weighted by atomic mass is 16.5. The van der Waals surface area contributed by atoms with Crippen molar-refractivity contribution in [3.63, 3.8) is 0 Å². The van der Waals surface area contributed by atoms with Gasteiger partial charge in [-0.15, -0.1) is 0 Å². The maximum atomic E-state index is 13.0. The number of aromatic nitrogens is 3. The van der Waals surface area contributed by atoms with E-state index in [-0.39, 0.29) is 5.91 Å². The van der Waals surface area contributed by atoms with Gasteiger partial charge in [-0.05, 0) is 43.5 Å². The topological polar surface area (TPSA) is 69.0 Å². The van der Waals surface area contributed by atoms with Crippen LogP contribution in [-0.4, -0.2) is 27.3 Å². The summed E-state index contributed by atoms with van der Waals surface area (Å²) in [5.41, 5.74) is 3.33. The molecule has 2 aromatic carbocycles. The summed E-state index contributed by atoms with van der Waals surface area (Å²) in [7, 11) is 0. The molecule has 0 aliphatic heterocycles. The maximum Gasteiger partial charge on any atom is 0.260 e. The Hall–Kier alpha value is -3.41. The summed E-state index contributed by atoms with van der Waals surface area (Å²) in [5, 5.41) is 9.54. The van der Waals surface area contributed by atoms with Crippen LogP contribution in [-0.2, 0) is 6.54 Å². The highest BCUT2D eigenvalue weighted by Gasteiger charge is 2.19. The molecule has 30 heavy (non-hydrogen) atoms. The fourth-order valence-electron chi connectivity index (χ4n) is 3.61. The predicted molar refractivity (Wildman–Crippen MR) is 120 cm³/mol. The number of fused-ring (bicyclic) bond motifs is 2. The number of hydrogen-bond donors (Lipinski definition) is 1. The Bertz CT molecular complexity index is 1230. The number of pyridine rings is 1. The first-order valence-electron chi connectivity index (χ1n) is 10.3. The fraction of sp³-hybridized carbons (Fsp3) is 0.292. The predicted octanol–water partition coefficient (Wildman–Crippen LogP) is 5.20. The number of carbonyl (C=O) groups is 1. The van der Waals surface area contributed by atoms with Crippen LogP contribution in [0, 0.1) is 12.8 Å². The van der Waals surface area contributed by atoms with Crippen LogP contribution in [0.4, 0.5) is 5.82 Å². The molecule has 1 N–H and O–H groups in total. The first-order chi connectivity index (χ1) is 14.5. The minimum Gasteiger partial charge on any atom is -0.493 e. The zero-order valence-corrected chi connectivity index (χ0v) is 17.8. The lowest BCUT2D eigenvalue weighted by atomic mass is 10.1. The number of hydrogen-bond acceptors (Lipinski definition) is 4. The van der Waals surface area contributed by atoms with E-state index in [1.54, 1.807) is 12.1 Å². The van der Waals surface area contributed by atoms with Gasteiger partial charge < -0.3 is 10.1 Å². The van der Waals surface area contributed by atoms with E-state index in [0.717, 1.165) is 27.5 Å². The van der Waals surface area contributed by atoms with E-state index in [1.165, 1.54) is 0 Å². The molecule has 0 unspecified atom stereocenters. The summed E-state index contributed by atoms with van der Waals surface area (Å²) in [4.78, 5) is 17.9. The number of anilines is 1. The van der Waals surface area contributed by atoms with Crippen LogP contribution in [0.25, 0.3) is 21.9 Å². The molecule has 0 spiro atoms. The fourth-order valence-corrected chi connectivity index (χ4v) is 3.61. The molecule has 0 fully saturated rings. The molecule has 2 heterocycles. The smallest absolute Gasteiger partial charge is 0.260 e. The standard InChI is InChI=1S/C24H26N4O2/c1-5-30-20-12-7-6-11-18(20)24(29)26-22-19-13-17-10-8-9-16(4)21(17)25-23(19)28(27-22)14-15(2)3/h6-13,15H,5,14H2,1-4H3,(H,26,27,29). The molecule has 4 aromatic rings. The number of benzene rings is 2. The van der Waals surface area contributed by atoms with Crippen molar-refractivity contribution in [2.24, 2.45) is 5.92 Å². The molecule has 1 amide bonds. The quantitative estimate of drug-likeness (QED) is 0.481. The minimum atomic E-state index is -0.250. The Balaban J connectivity index is 1.81. The lowest BCUT2D eigenvalue weighted by Gasteiger charge is -2.09. The van der Waals surface area contributed by atoms with Gasteiger partial charge in [0.15, 0.2) is 11.5 Å². The number of carbonyl (C=O) groups excluding carboxylic acids is 1. The van der Waals surface area contributed by atoms with Crippen molar-refractivity contribution in [2.45, 2.75) is 34.2 Å². The third kappa shape index (κ3) is 3.73. The third-order valence-electron chi connectivity index (χ3n) is 4.95. The monoisotopic (exact) mass is 402 g/mol. The van der Waals surface area contributed by atoms with Gasteiger partial charge >= 0.3 is 0 Å². The molecular formula is C24H26N4O2. The van der Waals surface area contributed by atoms with Crippen LogP contribution in [0.5, 0.6) is 5.75 Å². The van der Waals surface area contributed by atoms with Crippen LogP contribution in [0.15, 0.2) is 48.5 Å². The number of para-hydroxylation sites is 2. The number of aryl methyl sites for hydroxylation is 1. The van der Waals surface area contributed by atoms with Gasteiger partial charge in [0.2, 0.25) is 0 Å². The Morgan fingerprint density at radius 3 is 2.73 bits per heavy atom. The molecule has 0 saturated heterocycles. The molecule has 4 rings (SSSR count). The Morgan fingerprint density at radius 2 is 1.97 bits per heavy atom. The van der Waals surface area contributed by atoms with Gasteiger partial charge in [0.05, 0.1) is 23.1 Å². The second-order valence-electron chi connectivity index (χ2n) is 7.81. The van der Waals surface area contributed by atoms with Crippen molar-refractivity contribution in [2.75, 3.05) is 11.9 Å². The van der Waals surface area contributed by atoms with Crippen molar-refractivity contribution in [3.05, 3.63) is 59.7 Å². The summed E-state index contributed by atoms with van der Waals surface area (Å²) < 4.78 is 7.50. The number of rotatable bonds is 6. The van der Waals surface area contributed by atoms with Gasteiger partial charge in [0, 0.05) is 11.9 Å². The summed E-state index contributed by atoms with van der Waals surface area (Å²) in [6.07, 6.45) is 0. The van der Waals surface area contributed by atoms with Crippen LogP contribution >= 0.6 is 0 Å². The van der Waals surface area contributed by atoms with Crippen LogP contribution in [0.1, 0.15) is 36.7 Å². The van der Waals surface area contributed by atoms with Crippen LogP contribution < -0.4 is 10.1 Å². The Kier molecular flexibility index (Phi) is 5.40. The molecule has 0 aliphatic carbocycles. The lowest BCUT2D eigenvalue weighted by Crippen LogP contribution is -2.15. The molecule has 6 nitrogen and oxygen atoms in total. The van der Waals surface area contributed by atoms with Crippen molar-refractivity contribution in [3.8, 4) is 5.75 Å². The van der Waals surface area contributed by atoms with E-state index in [9.17, 15) is 4.79 Å². The zero-order valence-electron chi connectivity index (χ0n) is 17.8. The van der Waals surface area contributed by atoms with Crippen molar-refractivity contribution in [1.29, 1.82) is 0 Å². The van der Waals surface area contributed by atoms with Gasteiger partial charge in [0.25, 0.3) is 5.91 Å². The molecule has 0 radical (unpaired) electrons.